The maximum absolute atomic E-state index is 12.6. The van der Waals surface area contributed by atoms with Gasteiger partial charge in [0.2, 0.25) is 5.91 Å². The lowest BCUT2D eigenvalue weighted by Crippen LogP contribution is -2.41. The van der Waals surface area contributed by atoms with E-state index in [1.54, 1.807) is 31.4 Å². The van der Waals surface area contributed by atoms with Gasteiger partial charge < -0.3 is 10.6 Å². The molecule has 28 heavy (non-hydrogen) atoms. The summed E-state index contributed by atoms with van der Waals surface area (Å²) in [5, 5.41) is 9.68. The molecule has 8 heteroatoms. The topological polar surface area (TPSA) is 91.4 Å². The van der Waals surface area contributed by atoms with Crippen LogP contribution in [-0.4, -0.2) is 39.8 Å². The molecule has 1 aliphatic rings. The van der Waals surface area contributed by atoms with Crippen LogP contribution in [0.25, 0.3) is 0 Å². The molecule has 0 saturated carbocycles. The molecular weight excluding hydrogens is 376 g/mol. The van der Waals surface area contributed by atoms with Crippen LogP contribution in [0.1, 0.15) is 43.1 Å². The minimum Gasteiger partial charge on any atom is -0.347 e. The number of carbonyl (C=O) groups is 3. The van der Waals surface area contributed by atoms with Crippen LogP contribution < -0.4 is 10.6 Å². The van der Waals surface area contributed by atoms with Crippen molar-refractivity contribution in [3.8, 4) is 0 Å². The minimum absolute atomic E-state index is 0.0429. The number of imide groups is 1. The lowest BCUT2D eigenvalue weighted by Gasteiger charge is -2.21. The highest BCUT2D eigenvalue weighted by Gasteiger charge is 2.44. The van der Waals surface area contributed by atoms with Gasteiger partial charge in [0.1, 0.15) is 5.54 Å². The van der Waals surface area contributed by atoms with Crippen molar-refractivity contribution in [3.05, 3.63) is 52.0 Å². The fourth-order valence-corrected chi connectivity index (χ4v) is 3.91. The van der Waals surface area contributed by atoms with Crippen LogP contribution in [0.4, 0.5) is 4.79 Å². The molecule has 0 aromatic carbocycles. The number of hydrogen-bond donors (Lipinski definition) is 2. The van der Waals surface area contributed by atoms with Crippen molar-refractivity contribution >= 4 is 29.2 Å². The summed E-state index contributed by atoms with van der Waals surface area (Å²) >= 11 is 1.61. The van der Waals surface area contributed by atoms with Crippen LogP contribution in [0.2, 0.25) is 0 Å². The van der Waals surface area contributed by atoms with E-state index in [4.69, 9.17) is 0 Å². The first-order valence-electron chi connectivity index (χ1n) is 9.14. The van der Waals surface area contributed by atoms with Gasteiger partial charge in [0.25, 0.3) is 5.91 Å². The molecule has 0 bridgehead atoms. The highest BCUT2D eigenvalue weighted by atomic mass is 32.1. The number of aromatic nitrogens is 1. The van der Waals surface area contributed by atoms with E-state index >= 15 is 0 Å². The van der Waals surface area contributed by atoms with E-state index in [0.717, 1.165) is 21.7 Å². The standard InChI is InChI=1S/C20H24N4O3S/c1-13-5-4-8-21-17(13)15(11-14-7-10-28-12-14)22-16(25)6-9-24-18(26)20(2,3)23-19(24)27/h4-5,7-8,10,12,15H,6,9,11H2,1-3H3,(H,22,25)(H,23,27)/t15-/m0/s1. The number of amides is 4. The van der Waals surface area contributed by atoms with E-state index < -0.39 is 11.6 Å². The Morgan fingerprint density at radius 2 is 2.14 bits per heavy atom. The van der Waals surface area contributed by atoms with Crippen LogP contribution in [0.3, 0.4) is 0 Å². The summed E-state index contributed by atoms with van der Waals surface area (Å²) < 4.78 is 0. The third-order valence-electron chi connectivity index (χ3n) is 4.74. The Bertz CT molecular complexity index is 879. The third-order valence-corrected chi connectivity index (χ3v) is 5.47. The van der Waals surface area contributed by atoms with E-state index in [1.165, 1.54) is 0 Å². The van der Waals surface area contributed by atoms with E-state index in [0.29, 0.717) is 6.42 Å². The second kappa shape index (κ2) is 8.10. The number of thiophene rings is 1. The maximum atomic E-state index is 12.6. The zero-order valence-electron chi connectivity index (χ0n) is 16.2. The average Bonchev–Trinajstić information content (AvgIpc) is 3.20. The molecule has 3 heterocycles. The van der Waals surface area contributed by atoms with Gasteiger partial charge in [0, 0.05) is 19.2 Å². The fraction of sp³-hybridized carbons (Fsp3) is 0.400. The molecule has 3 rings (SSSR count). The Labute approximate surface area is 168 Å². The average molecular weight is 401 g/mol. The molecule has 1 aliphatic heterocycles. The Morgan fingerprint density at radius 3 is 2.75 bits per heavy atom. The number of rotatable bonds is 7. The molecule has 0 aliphatic carbocycles. The zero-order valence-corrected chi connectivity index (χ0v) is 17.0. The molecular formula is C20H24N4O3S. The van der Waals surface area contributed by atoms with Gasteiger partial charge in [-0.25, -0.2) is 4.79 Å². The number of aryl methyl sites for hydroxylation is 1. The Morgan fingerprint density at radius 1 is 1.36 bits per heavy atom. The zero-order chi connectivity index (χ0) is 20.3. The Balaban J connectivity index is 1.67. The second-order valence-electron chi connectivity index (χ2n) is 7.42. The van der Waals surface area contributed by atoms with E-state index in [1.807, 2.05) is 35.9 Å². The summed E-state index contributed by atoms with van der Waals surface area (Å²) in [4.78, 5) is 42.4. The van der Waals surface area contributed by atoms with Gasteiger partial charge in [-0.15, -0.1) is 0 Å². The van der Waals surface area contributed by atoms with Crippen molar-refractivity contribution in [1.82, 2.24) is 20.5 Å². The third kappa shape index (κ3) is 4.39. The highest BCUT2D eigenvalue weighted by Crippen LogP contribution is 2.22. The molecule has 0 unspecified atom stereocenters. The van der Waals surface area contributed by atoms with E-state index in [2.05, 4.69) is 15.6 Å². The van der Waals surface area contributed by atoms with Crippen molar-refractivity contribution < 1.29 is 14.4 Å². The quantitative estimate of drug-likeness (QED) is 0.699. The number of urea groups is 1. The summed E-state index contributed by atoms with van der Waals surface area (Å²) in [5.41, 5.74) is 2.01. The van der Waals surface area contributed by atoms with Crippen LogP contribution in [0.5, 0.6) is 0 Å². The largest absolute Gasteiger partial charge is 0.347 e. The lowest BCUT2D eigenvalue weighted by molar-refractivity contribution is -0.130. The molecule has 148 valence electrons. The van der Waals surface area contributed by atoms with Crippen LogP contribution >= 0.6 is 11.3 Å². The SMILES string of the molecule is Cc1cccnc1[C@H](Cc1ccsc1)NC(=O)CCN1C(=O)NC(C)(C)C1=O. The normalized spacial score (nSPS) is 16.8. The number of nitrogens with zero attached hydrogens (tertiary/aromatic N) is 2. The maximum Gasteiger partial charge on any atom is 0.325 e. The van der Waals surface area contributed by atoms with Crippen LogP contribution in [-0.2, 0) is 16.0 Å². The van der Waals surface area contributed by atoms with Crippen molar-refractivity contribution in [2.24, 2.45) is 0 Å². The molecule has 2 N–H and O–H groups in total. The van der Waals surface area contributed by atoms with Gasteiger partial charge in [0.05, 0.1) is 11.7 Å². The van der Waals surface area contributed by atoms with Crippen molar-refractivity contribution in [1.29, 1.82) is 0 Å². The molecule has 1 fully saturated rings. The molecule has 2 aromatic rings. The fourth-order valence-electron chi connectivity index (χ4n) is 3.22. The number of carbonyl (C=O) groups excluding carboxylic acids is 3. The van der Waals surface area contributed by atoms with Crippen LogP contribution in [0, 0.1) is 6.92 Å². The van der Waals surface area contributed by atoms with Crippen molar-refractivity contribution in [2.75, 3.05) is 6.54 Å². The summed E-state index contributed by atoms with van der Waals surface area (Å²) in [7, 11) is 0. The molecule has 1 saturated heterocycles. The molecule has 0 radical (unpaired) electrons. The van der Waals surface area contributed by atoms with Crippen molar-refractivity contribution in [2.45, 2.75) is 45.2 Å². The van der Waals surface area contributed by atoms with Gasteiger partial charge in [-0.05, 0) is 61.2 Å². The first-order valence-corrected chi connectivity index (χ1v) is 10.1. The highest BCUT2D eigenvalue weighted by molar-refractivity contribution is 7.07. The van der Waals surface area contributed by atoms with Gasteiger partial charge in [-0.2, -0.15) is 11.3 Å². The summed E-state index contributed by atoms with van der Waals surface area (Å²) in [5.74, 6) is -0.545. The summed E-state index contributed by atoms with van der Waals surface area (Å²) in [6.45, 7) is 5.30. The minimum atomic E-state index is -0.930. The van der Waals surface area contributed by atoms with Gasteiger partial charge in [-0.3, -0.25) is 19.5 Å². The number of pyridine rings is 1. The van der Waals surface area contributed by atoms with Gasteiger partial charge in [0.15, 0.2) is 0 Å². The summed E-state index contributed by atoms with van der Waals surface area (Å²) in [6, 6.07) is 5.12. The first kappa shape index (κ1) is 20.0. The van der Waals surface area contributed by atoms with Gasteiger partial charge in [-0.1, -0.05) is 6.07 Å². The predicted octanol–water partition coefficient (Wildman–Crippen LogP) is 2.57. The predicted molar refractivity (Wildman–Crippen MR) is 107 cm³/mol. The van der Waals surface area contributed by atoms with E-state index in [9.17, 15) is 14.4 Å². The summed E-state index contributed by atoms with van der Waals surface area (Å²) in [6.07, 6.45) is 2.38. The molecule has 0 spiro atoms. The molecule has 1 atom stereocenters. The second-order valence-corrected chi connectivity index (χ2v) is 8.20. The molecule has 4 amide bonds. The smallest absolute Gasteiger partial charge is 0.325 e. The van der Waals surface area contributed by atoms with Crippen LogP contribution in [0.15, 0.2) is 35.2 Å². The Kier molecular flexibility index (Phi) is 5.79. The molecule has 2 aromatic heterocycles. The molecule has 7 nitrogen and oxygen atoms in total. The van der Waals surface area contributed by atoms with Gasteiger partial charge >= 0.3 is 6.03 Å². The number of nitrogens with one attached hydrogen (secondary N) is 2. The van der Waals surface area contributed by atoms with E-state index in [-0.39, 0.29) is 30.8 Å². The lowest BCUT2D eigenvalue weighted by atomic mass is 10.0. The first-order chi connectivity index (χ1) is 13.3. The Hall–Kier alpha value is -2.74. The monoisotopic (exact) mass is 400 g/mol. The van der Waals surface area contributed by atoms with Crippen molar-refractivity contribution in [3.63, 3.8) is 0 Å². The number of hydrogen-bond acceptors (Lipinski definition) is 5.